The molecule has 0 bridgehead atoms. The zero-order chi connectivity index (χ0) is 18.2. The second-order valence-electron chi connectivity index (χ2n) is 7.16. The van der Waals surface area contributed by atoms with Crippen molar-refractivity contribution in [1.29, 1.82) is 0 Å². The topological polar surface area (TPSA) is 81.2 Å². The van der Waals surface area contributed by atoms with Crippen molar-refractivity contribution < 1.29 is 14.3 Å². The fraction of sp³-hybridized carbons (Fsp3) is 0.444. The van der Waals surface area contributed by atoms with E-state index in [1.54, 1.807) is 12.1 Å². The smallest absolute Gasteiger partial charge is 0.310 e. The molecule has 25 heavy (non-hydrogen) atoms. The summed E-state index contributed by atoms with van der Waals surface area (Å²) in [5.41, 5.74) is 2.99. The number of benzene rings is 1. The Hall–Kier alpha value is -2.28. The summed E-state index contributed by atoms with van der Waals surface area (Å²) in [7, 11) is 0. The van der Waals surface area contributed by atoms with E-state index in [1.165, 1.54) is 5.57 Å². The van der Waals surface area contributed by atoms with E-state index in [9.17, 15) is 9.59 Å². The van der Waals surface area contributed by atoms with Gasteiger partial charge in [0.05, 0.1) is 23.3 Å². The van der Waals surface area contributed by atoms with Crippen LogP contribution in [0.15, 0.2) is 29.8 Å². The average molecular weight is 359 g/mol. The number of carbonyl (C=O) groups is 2. The number of anilines is 1. The van der Waals surface area contributed by atoms with Gasteiger partial charge in [0, 0.05) is 0 Å². The Morgan fingerprint density at radius 3 is 2.80 bits per heavy atom. The van der Waals surface area contributed by atoms with Crippen molar-refractivity contribution in [2.24, 2.45) is 17.3 Å². The number of nitrogens with one attached hydrogen (secondary N) is 1. The highest BCUT2D eigenvalue weighted by atomic mass is 32.1. The quantitative estimate of drug-likeness (QED) is 0.653. The molecular formula is C18H21N3O3S. The van der Waals surface area contributed by atoms with E-state index in [-0.39, 0.29) is 35.7 Å². The van der Waals surface area contributed by atoms with Crippen LogP contribution in [0, 0.1) is 17.3 Å². The first-order valence-electron chi connectivity index (χ1n) is 8.13. The van der Waals surface area contributed by atoms with Crippen molar-refractivity contribution >= 4 is 40.3 Å². The first-order valence-corrected chi connectivity index (χ1v) is 8.86. The Labute approximate surface area is 150 Å². The van der Waals surface area contributed by atoms with Crippen LogP contribution in [0.1, 0.15) is 27.7 Å². The fourth-order valence-corrected chi connectivity index (χ4v) is 3.67. The molecule has 1 fully saturated rings. The molecule has 1 aliphatic rings. The Kier molecular flexibility index (Phi) is 4.60. The normalized spacial score (nSPS) is 20.8. The van der Waals surface area contributed by atoms with Crippen LogP contribution in [-0.2, 0) is 14.3 Å². The van der Waals surface area contributed by atoms with E-state index < -0.39 is 0 Å². The molecular weight excluding hydrogens is 338 g/mol. The summed E-state index contributed by atoms with van der Waals surface area (Å²) in [5, 5.41) is 2.73. The van der Waals surface area contributed by atoms with E-state index in [2.05, 4.69) is 20.1 Å². The van der Waals surface area contributed by atoms with Gasteiger partial charge in [0.25, 0.3) is 5.91 Å². The number of amides is 1. The molecule has 1 heterocycles. The summed E-state index contributed by atoms with van der Waals surface area (Å²) in [6, 6.07) is 5.37. The van der Waals surface area contributed by atoms with E-state index in [1.807, 2.05) is 33.8 Å². The van der Waals surface area contributed by atoms with Crippen LogP contribution in [-0.4, -0.2) is 27.2 Å². The van der Waals surface area contributed by atoms with Gasteiger partial charge < -0.3 is 10.1 Å². The lowest BCUT2D eigenvalue weighted by Gasteiger charge is -2.07. The van der Waals surface area contributed by atoms with Gasteiger partial charge in [-0.05, 0) is 37.3 Å². The van der Waals surface area contributed by atoms with E-state index in [4.69, 9.17) is 4.74 Å². The van der Waals surface area contributed by atoms with E-state index in [0.29, 0.717) is 11.2 Å². The number of hydrogen-bond acceptors (Lipinski definition) is 6. The van der Waals surface area contributed by atoms with Gasteiger partial charge in [-0.15, -0.1) is 0 Å². The molecule has 2 aromatic rings. The summed E-state index contributed by atoms with van der Waals surface area (Å²) >= 11 is 1.09. The average Bonchev–Trinajstić information content (AvgIpc) is 2.89. The van der Waals surface area contributed by atoms with E-state index >= 15 is 0 Å². The molecule has 6 nitrogen and oxygen atoms in total. The van der Waals surface area contributed by atoms with Crippen LogP contribution >= 0.6 is 11.7 Å². The number of ether oxygens (including phenoxy) is 1. The van der Waals surface area contributed by atoms with Gasteiger partial charge in [-0.3, -0.25) is 9.59 Å². The molecule has 1 saturated carbocycles. The van der Waals surface area contributed by atoms with Gasteiger partial charge in [0.1, 0.15) is 11.0 Å². The number of carbonyl (C=O) groups excluding carboxylic acids is 2. The minimum atomic E-state index is -0.383. The predicted molar refractivity (Wildman–Crippen MR) is 97.2 cm³/mol. The highest BCUT2D eigenvalue weighted by molar-refractivity contribution is 7.00. The lowest BCUT2D eigenvalue weighted by molar-refractivity contribution is -0.149. The van der Waals surface area contributed by atoms with Crippen molar-refractivity contribution in [1.82, 2.24) is 8.75 Å². The standard InChI is InChI=1S/C18H21N3O3S/c1-10(2)8-11-15(18(11,3)4)17(23)24-9-14(22)19-12-6-5-7-13-16(12)21-25-20-13/h5-8,11,15H,9H2,1-4H3,(H,19,22)/t11-,15+/m1/s1. The second-order valence-corrected chi connectivity index (χ2v) is 7.69. The van der Waals surface area contributed by atoms with Crippen molar-refractivity contribution in [2.45, 2.75) is 27.7 Å². The molecule has 2 atom stereocenters. The number of aromatic nitrogens is 2. The Morgan fingerprint density at radius 1 is 1.32 bits per heavy atom. The first-order chi connectivity index (χ1) is 11.8. The minimum Gasteiger partial charge on any atom is -0.455 e. The van der Waals surface area contributed by atoms with Gasteiger partial charge in [0.2, 0.25) is 0 Å². The summed E-state index contributed by atoms with van der Waals surface area (Å²) in [5.74, 6) is -0.730. The molecule has 132 valence electrons. The number of esters is 1. The fourth-order valence-electron chi connectivity index (χ4n) is 3.12. The number of allylic oxidation sites excluding steroid dienone is 2. The van der Waals surface area contributed by atoms with Crippen LogP contribution in [0.4, 0.5) is 5.69 Å². The maximum Gasteiger partial charge on any atom is 0.310 e. The van der Waals surface area contributed by atoms with Crippen molar-refractivity contribution in [3.8, 4) is 0 Å². The van der Waals surface area contributed by atoms with Crippen molar-refractivity contribution in [2.75, 3.05) is 11.9 Å². The summed E-state index contributed by atoms with van der Waals surface area (Å²) in [4.78, 5) is 24.4. The largest absolute Gasteiger partial charge is 0.455 e. The van der Waals surface area contributed by atoms with Crippen molar-refractivity contribution in [3.63, 3.8) is 0 Å². The summed E-state index contributed by atoms with van der Waals surface area (Å²) in [6.07, 6.45) is 2.10. The van der Waals surface area contributed by atoms with Crippen molar-refractivity contribution in [3.05, 3.63) is 29.8 Å². The zero-order valence-corrected chi connectivity index (χ0v) is 15.5. The lowest BCUT2D eigenvalue weighted by atomic mass is 10.1. The van der Waals surface area contributed by atoms with Crippen LogP contribution in [0.3, 0.4) is 0 Å². The Balaban J connectivity index is 1.57. The summed E-state index contributed by atoms with van der Waals surface area (Å²) < 4.78 is 13.5. The van der Waals surface area contributed by atoms with Crippen LogP contribution in [0.5, 0.6) is 0 Å². The summed E-state index contributed by atoms with van der Waals surface area (Å²) in [6.45, 7) is 7.80. The predicted octanol–water partition coefficient (Wildman–Crippen LogP) is 3.41. The highest BCUT2D eigenvalue weighted by Crippen LogP contribution is 2.59. The number of fused-ring (bicyclic) bond motifs is 1. The zero-order valence-electron chi connectivity index (χ0n) is 14.7. The van der Waals surface area contributed by atoms with Gasteiger partial charge in [-0.2, -0.15) is 8.75 Å². The van der Waals surface area contributed by atoms with Crippen LogP contribution < -0.4 is 5.32 Å². The molecule has 0 spiro atoms. The number of rotatable bonds is 5. The third kappa shape index (κ3) is 3.56. The highest BCUT2D eigenvalue weighted by Gasteiger charge is 2.61. The molecule has 1 aromatic heterocycles. The third-order valence-corrected chi connectivity index (χ3v) is 5.13. The van der Waals surface area contributed by atoms with Gasteiger partial charge in [0.15, 0.2) is 6.61 Å². The molecule has 0 aliphatic heterocycles. The molecule has 0 radical (unpaired) electrons. The number of hydrogen-bond donors (Lipinski definition) is 1. The maximum absolute atomic E-state index is 12.3. The molecule has 1 N–H and O–H groups in total. The molecule has 3 rings (SSSR count). The first kappa shape index (κ1) is 17.5. The minimum absolute atomic E-state index is 0.122. The van der Waals surface area contributed by atoms with E-state index in [0.717, 1.165) is 17.2 Å². The van der Waals surface area contributed by atoms with Gasteiger partial charge in [-0.1, -0.05) is 31.6 Å². The molecule has 1 aliphatic carbocycles. The SMILES string of the molecule is CC(C)=C[C@@H]1[C@@H](C(=O)OCC(=O)Nc2cccc3nsnc23)C1(C)C. The monoisotopic (exact) mass is 359 g/mol. The third-order valence-electron chi connectivity index (χ3n) is 4.58. The lowest BCUT2D eigenvalue weighted by Crippen LogP contribution is -2.22. The maximum atomic E-state index is 12.3. The molecule has 1 aromatic carbocycles. The van der Waals surface area contributed by atoms with Gasteiger partial charge >= 0.3 is 5.97 Å². The Bertz CT molecular complexity index is 852. The molecule has 1 amide bonds. The second kappa shape index (κ2) is 6.55. The van der Waals surface area contributed by atoms with Crippen LogP contribution in [0.2, 0.25) is 0 Å². The molecule has 7 heteroatoms. The molecule has 0 unspecified atom stereocenters. The number of nitrogens with zero attached hydrogens (tertiary/aromatic N) is 2. The Morgan fingerprint density at radius 2 is 2.08 bits per heavy atom. The van der Waals surface area contributed by atoms with Crippen LogP contribution in [0.25, 0.3) is 11.0 Å². The molecule has 0 saturated heterocycles. The van der Waals surface area contributed by atoms with Gasteiger partial charge in [-0.25, -0.2) is 0 Å².